The summed E-state index contributed by atoms with van der Waals surface area (Å²) in [6, 6.07) is 0.0619. The maximum atomic E-state index is 9.24. The van der Waals surface area contributed by atoms with E-state index in [0.717, 1.165) is 12.8 Å². The molecule has 0 fully saturated rings. The van der Waals surface area contributed by atoms with E-state index < -0.39 is 0 Å². The third kappa shape index (κ3) is 1.87. The molecule has 2 aromatic heterocycles. The summed E-state index contributed by atoms with van der Waals surface area (Å²) in [7, 11) is 0. The van der Waals surface area contributed by atoms with E-state index in [1.54, 1.807) is 4.68 Å². The molecule has 1 aliphatic rings. The molecule has 0 bridgehead atoms. The molecule has 7 heteroatoms. The fraction of sp³-hybridized carbons (Fsp3) is 0.455. The number of halogens is 1. The van der Waals surface area contributed by atoms with Crippen LogP contribution in [0.3, 0.4) is 0 Å². The van der Waals surface area contributed by atoms with E-state index >= 15 is 0 Å². The van der Waals surface area contributed by atoms with Gasteiger partial charge in [0.05, 0.1) is 6.04 Å². The molecule has 0 saturated heterocycles. The van der Waals surface area contributed by atoms with Crippen molar-refractivity contribution in [3.05, 3.63) is 23.6 Å². The van der Waals surface area contributed by atoms with Crippen LogP contribution < -0.4 is 0 Å². The molecular weight excluding hydrogens is 254 g/mol. The molecule has 1 N–H and O–H groups in total. The minimum absolute atomic E-state index is 0.0619. The SMILES string of the molecule is OC[C@@H]1CC=C[C@H](n2nnc3c(Cl)ncnc32)C1. The van der Waals surface area contributed by atoms with E-state index in [-0.39, 0.29) is 18.6 Å². The van der Waals surface area contributed by atoms with Crippen LogP contribution in [0.4, 0.5) is 0 Å². The van der Waals surface area contributed by atoms with Crippen LogP contribution in [0.25, 0.3) is 11.2 Å². The lowest BCUT2D eigenvalue weighted by Gasteiger charge is -2.23. The van der Waals surface area contributed by atoms with Gasteiger partial charge in [-0.15, -0.1) is 5.10 Å². The Morgan fingerprint density at radius 2 is 2.33 bits per heavy atom. The van der Waals surface area contributed by atoms with Crippen molar-refractivity contribution in [3.63, 3.8) is 0 Å². The van der Waals surface area contributed by atoms with Gasteiger partial charge in [-0.25, -0.2) is 14.6 Å². The summed E-state index contributed by atoms with van der Waals surface area (Å²) in [5.74, 6) is 0.261. The predicted octanol–water partition coefficient (Wildman–Crippen LogP) is 1.37. The molecule has 18 heavy (non-hydrogen) atoms. The van der Waals surface area contributed by atoms with Gasteiger partial charge in [0, 0.05) is 6.61 Å². The van der Waals surface area contributed by atoms with E-state index in [0.29, 0.717) is 16.3 Å². The summed E-state index contributed by atoms with van der Waals surface area (Å²) < 4.78 is 1.74. The second-order valence-corrected chi connectivity index (χ2v) is 4.74. The Bertz CT molecular complexity index is 596. The molecule has 0 aromatic carbocycles. The average Bonchev–Trinajstić information content (AvgIpc) is 2.84. The molecule has 0 radical (unpaired) electrons. The van der Waals surface area contributed by atoms with E-state index in [4.69, 9.17) is 11.6 Å². The van der Waals surface area contributed by atoms with Gasteiger partial charge in [0.1, 0.15) is 6.33 Å². The van der Waals surface area contributed by atoms with Gasteiger partial charge in [-0.05, 0) is 18.8 Å². The summed E-state index contributed by atoms with van der Waals surface area (Å²) in [4.78, 5) is 8.05. The molecule has 94 valence electrons. The fourth-order valence-corrected chi connectivity index (χ4v) is 2.40. The summed E-state index contributed by atoms with van der Waals surface area (Å²) in [5, 5.41) is 17.6. The number of hydrogen-bond donors (Lipinski definition) is 1. The van der Waals surface area contributed by atoms with Crippen LogP contribution in [-0.2, 0) is 0 Å². The van der Waals surface area contributed by atoms with Crippen molar-refractivity contribution in [1.82, 2.24) is 25.0 Å². The molecule has 0 unspecified atom stereocenters. The van der Waals surface area contributed by atoms with Gasteiger partial charge in [0.15, 0.2) is 16.3 Å². The van der Waals surface area contributed by atoms with E-state index in [1.807, 2.05) is 0 Å². The zero-order valence-electron chi connectivity index (χ0n) is 9.57. The van der Waals surface area contributed by atoms with Gasteiger partial charge >= 0.3 is 0 Å². The standard InChI is InChI=1S/C11H12ClN5O/c12-10-9-11(14-6-13-10)17(16-15-9)8-3-1-2-7(4-8)5-18/h1,3,6-8,18H,2,4-5H2/t7-,8+/m1/s1. The fourth-order valence-electron chi connectivity index (χ4n) is 2.24. The normalized spacial score (nSPS) is 23.7. The Labute approximate surface area is 108 Å². The van der Waals surface area contributed by atoms with Crippen LogP contribution in [0.5, 0.6) is 0 Å². The Hall–Kier alpha value is -1.53. The number of allylic oxidation sites excluding steroid dienone is 2. The van der Waals surface area contributed by atoms with Crippen LogP contribution in [0, 0.1) is 5.92 Å². The van der Waals surface area contributed by atoms with Crippen molar-refractivity contribution in [3.8, 4) is 0 Å². The van der Waals surface area contributed by atoms with Crippen molar-refractivity contribution in [2.45, 2.75) is 18.9 Å². The van der Waals surface area contributed by atoms with Gasteiger partial charge in [-0.1, -0.05) is 29.0 Å². The van der Waals surface area contributed by atoms with Crippen LogP contribution >= 0.6 is 11.6 Å². The number of aliphatic hydroxyl groups is 1. The highest BCUT2D eigenvalue weighted by atomic mass is 35.5. The first-order chi connectivity index (χ1) is 8.79. The Morgan fingerprint density at radius 3 is 3.17 bits per heavy atom. The highest BCUT2D eigenvalue weighted by Gasteiger charge is 2.22. The summed E-state index contributed by atoms with van der Waals surface area (Å²) in [6.07, 6.45) is 7.25. The van der Waals surface area contributed by atoms with E-state index in [9.17, 15) is 5.11 Å². The van der Waals surface area contributed by atoms with Gasteiger partial charge in [0.2, 0.25) is 0 Å². The molecule has 3 rings (SSSR count). The van der Waals surface area contributed by atoms with Crippen molar-refractivity contribution in [2.75, 3.05) is 6.61 Å². The van der Waals surface area contributed by atoms with Crippen LogP contribution in [0.2, 0.25) is 5.15 Å². The third-order valence-electron chi connectivity index (χ3n) is 3.19. The lowest BCUT2D eigenvalue weighted by atomic mass is 9.92. The van der Waals surface area contributed by atoms with Crippen molar-refractivity contribution >= 4 is 22.8 Å². The maximum absolute atomic E-state index is 9.24. The molecule has 2 heterocycles. The molecule has 0 saturated carbocycles. The van der Waals surface area contributed by atoms with Crippen molar-refractivity contribution in [2.24, 2.45) is 5.92 Å². The zero-order valence-corrected chi connectivity index (χ0v) is 10.3. The number of fused-ring (bicyclic) bond motifs is 1. The molecule has 0 aliphatic heterocycles. The van der Waals surface area contributed by atoms with Crippen molar-refractivity contribution < 1.29 is 5.11 Å². The second kappa shape index (κ2) is 4.62. The highest BCUT2D eigenvalue weighted by Crippen LogP contribution is 2.28. The first-order valence-electron chi connectivity index (χ1n) is 5.78. The number of nitrogens with zero attached hydrogens (tertiary/aromatic N) is 5. The molecular formula is C11H12ClN5O. The Kier molecular flexibility index (Phi) is 2.97. The second-order valence-electron chi connectivity index (χ2n) is 4.39. The van der Waals surface area contributed by atoms with Gasteiger partial charge < -0.3 is 5.11 Å². The minimum Gasteiger partial charge on any atom is -0.396 e. The third-order valence-corrected chi connectivity index (χ3v) is 3.47. The van der Waals surface area contributed by atoms with Crippen LogP contribution in [-0.4, -0.2) is 36.7 Å². The average molecular weight is 266 g/mol. The summed E-state index contributed by atoms with van der Waals surface area (Å²) >= 11 is 5.94. The number of hydrogen-bond acceptors (Lipinski definition) is 5. The monoisotopic (exact) mass is 265 g/mol. The van der Waals surface area contributed by atoms with Gasteiger partial charge in [0.25, 0.3) is 0 Å². The van der Waals surface area contributed by atoms with E-state index in [1.165, 1.54) is 6.33 Å². The van der Waals surface area contributed by atoms with Gasteiger partial charge in [-0.3, -0.25) is 0 Å². The van der Waals surface area contributed by atoms with Crippen LogP contribution in [0.1, 0.15) is 18.9 Å². The maximum Gasteiger partial charge on any atom is 0.183 e. The topological polar surface area (TPSA) is 76.7 Å². The summed E-state index contributed by atoms with van der Waals surface area (Å²) in [6.45, 7) is 0.184. The first kappa shape index (κ1) is 11.6. The predicted molar refractivity (Wildman–Crippen MR) is 66.1 cm³/mol. The number of rotatable bonds is 2. The smallest absolute Gasteiger partial charge is 0.183 e. The first-order valence-corrected chi connectivity index (χ1v) is 6.16. The largest absolute Gasteiger partial charge is 0.396 e. The molecule has 6 nitrogen and oxygen atoms in total. The zero-order chi connectivity index (χ0) is 12.5. The molecule has 0 amide bonds. The van der Waals surface area contributed by atoms with E-state index in [2.05, 4.69) is 32.4 Å². The number of aliphatic hydroxyl groups excluding tert-OH is 1. The quantitative estimate of drug-likeness (QED) is 0.656. The number of aromatic nitrogens is 5. The van der Waals surface area contributed by atoms with Crippen LogP contribution in [0.15, 0.2) is 18.5 Å². The minimum atomic E-state index is 0.0619. The van der Waals surface area contributed by atoms with Crippen molar-refractivity contribution in [1.29, 1.82) is 0 Å². The summed E-state index contributed by atoms with van der Waals surface area (Å²) in [5.41, 5.74) is 1.14. The highest BCUT2D eigenvalue weighted by molar-refractivity contribution is 6.33. The molecule has 1 aliphatic carbocycles. The molecule has 2 atom stereocenters. The lowest BCUT2D eigenvalue weighted by molar-refractivity contribution is 0.202. The molecule has 2 aromatic rings. The Balaban J connectivity index is 2.02. The Morgan fingerprint density at radius 1 is 1.44 bits per heavy atom. The van der Waals surface area contributed by atoms with Gasteiger partial charge in [-0.2, -0.15) is 0 Å². The lowest BCUT2D eigenvalue weighted by Crippen LogP contribution is -2.19. The molecule has 0 spiro atoms.